The number of hydrogen-bond acceptors (Lipinski definition) is 4. The van der Waals surface area contributed by atoms with Crippen LogP contribution in [0.4, 0.5) is 8.78 Å². The summed E-state index contributed by atoms with van der Waals surface area (Å²) in [6, 6.07) is 5.67. The number of ether oxygens (including phenoxy) is 2. The number of aliphatic imine (C=N–C) groups is 1. The van der Waals surface area contributed by atoms with Crippen LogP contribution in [0.25, 0.3) is 0 Å². The zero-order chi connectivity index (χ0) is 21.2. The largest absolute Gasteiger partial charge is 0.490 e. The van der Waals surface area contributed by atoms with Crippen molar-refractivity contribution >= 4 is 5.96 Å². The van der Waals surface area contributed by atoms with Crippen LogP contribution in [0.15, 0.2) is 35.6 Å². The average Bonchev–Trinajstić information content (AvgIpc) is 3.17. The van der Waals surface area contributed by atoms with Crippen molar-refractivity contribution in [2.24, 2.45) is 4.99 Å². The lowest BCUT2D eigenvalue weighted by Crippen LogP contribution is -2.38. The lowest BCUT2D eigenvalue weighted by molar-refractivity contribution is 0.0671. The number of guanidine groups is 1. The summed E-state index contributed by atoms with van der Waals surface area (Å²) in [6.45, 7) is 6.88. The number of hydrogen-bond donors (Lipinski definition) is 2. The number of aromatic nitrogens is 2. The normalized spacial score (nSPS) is 12.7. The van der Waals surface area contributed by atoms with Gasteiger partial charge in [0.25, 0.3) is 0 Å². The van der Waals surface area contributed by atoms with Crippen molar-refractivity contribution in [3.05, 3.63) is 42.0 Å². The maximum atomic E-state index is 13.0. The van der Waals surface area contributed by atoms with Crippen LogP contribution in [0.3, 0.4) is 0 Å². The quantitative estimate of drug-likeness (QED) is 0.460. The molecular formula is C20H29F2N5O2. The summed E-state index contributed by atoms with van der Waals surface area (Å²) in [5.41, 5.74) is 0.983. The van der Waals surface area contributed by atoms with Gasteiger partial charge in [-0.25, -0.2) is 9.98 Å². The second-order valence-electron chi connectivity index (χ2n) is 6.16. The van der Waals surface area contributed by atoms with Gasteiger partial charge in [0.15, 0.2) is 17.5 Å². The third kappa shape index (κ3) is 6.33. The van der Waals surface area contributed by atoms with Gasteiger partial charge in [0.2, 0.25) is 0 Å². The second kappa shape index (κ2) is 11.2. The summed E-state index contributed by atoms with van der Waals surface area (Å²) in [5.74, 6) is 2.09. The first-order valence-electron chi connectivity index (χ1n) is 9.74. The van der Waals surface area contributed by atoms with Crippen LogP contribution in [0.1, 0.15) is 51.7 Å². The van der Waals surface area contributed by atoms with Crippen LogP contribution in [-0.2, 0) is 6.54 Å². The molecule has 1 heterocycles. The molecule has 2 aromatic rings. The molecule has 1 aromatic carbocycles. The number of rotatable bonds is 10. The minimum absolute atomic E-state index is 0.0346. The molecule has 29 heavy (non-hydrogen) atoms. The molecule has 0 aliphatic rings. The zero-order valence-electron chi connectivity index (χ0n) is 17.3. The molecule has 1 aromatic heterocycles. The van der Waals surface area contributed by atoms with Gasteiger partial charge in [-0.05, 0) is 45.4 Å². The number of nitrogens with zero attached hydrogens (tertiary/aromatic N) is 3. The van der Waals surface area contributed by atoms with Crippen LogP contribution in [0, 0.1) is 0 Å². The van der Waals surface area contributed by atoms with Crippen molar-refractivity contribution in [1.29, 1.82) is 0 Å². The predicted octanol–water partition coefficient (Wildman–Crippen LogP) is 3.89. The van der Waals surface area contributed by atoms with E-state index in [0.717, 1.165) is 10.1 Å². The highest BCUT2D eigenvalue weighted by Gasteiger charge is 2.14. The first-order valence-corrected chi connectivity index (χ1v) is 9.74. The Morgan fingerprint density at radius 1 is 1.17 bits per heavy atom. The standard InChI is InChI=1S/C20H29F2N5O2/c1-5-23-20(25-13-18-24-10-11-27(18)19(21)22)26-14(4)15-8-9-16(28-6-2)17(12-15)29-7-3/h8-12,14,19H,5-7,13H2,1-4H3,(H2,23,25,26). The smallest absolute Gasteiger partial charge is 0.319 e. The van der Waals surface area contributed by atoms with Gasteiger partial charge in [-0.1, -0.05) is 6.07 Å². The first kappa shape index (κ1) is 22.4. The Hall–Kier alpha value is -2.84. The molecule has 9 heteroatoms. The highest BCUT2D eigenvalue weighted by molar-refractivity contribution is 5.80. The van der Waals surface area contributed by atoms with E-state index >= 15 is 0 Å². The van der Waals surface area contributed by atoms with Crippen LogP contribution in [0.2, 0.25) is 0 Å². The van der Waals surface area contributed by atoms with Crippen LogP contribution in [0.5, 0.6) is 11.5 Å². The molecule has 7 nitrogen and oxygen atoms in total. The molecule has 0 spiro atoms. The summed E-state index contributed by atoms with van der Waals surface area (Å²) in [6.07, 6.45) is 2.59. The van der Waals surface area contributed by atoms with E-state index in [1.165, 1.54) is 12.4 Å². The van der Waals surface area contributed by atoms with E-state index in [4.69, 9.17) is 9.47 Å². The topological polar surface area (TPSA) is 72.7 Å². The van der Waals surface area contributed by atoms with Crippen LogP contribution >= 0.6 is 0 Å². The van der Waals surface area contributed by atoms with Gasteiger partial charge < -0.3 is 20.1 Å². The van der Waals surface area contributed by atoms with Crippen LogP contribution in [-0.4, -0.2) is 35.3 Å². The second-order valence-corrected chi connectivity index (χ2v) is 6.16. The molecule has 0 amide bonds. The highest BCUT2D eigenvalue weighted by Crippen LogP contribution is 2.30. The SMILES string of the molecule is CCNC(=NCc1nccn1C(F)F)NC(C)c1ccc(OCC)c(OCC)c1. The molecule has 0 saturated carbocycles. The lowest BCUT2D eigenvalue weighted by Gasteiger charge is -2.20. The van der Waals surface area contributed by atoms with Crippen molar-refractivity contribution in [3.8, 4) is 11.5 Å². The van der Waals surface area contributed by atoms with Crippen molar-refractivity contribution < 1.29 is 18.3 Å². The van der Waals surface area contributed by atoms with Crippen molar-refractivity contribution in [3.63, 3.8) is 0 Å². The van der Waals surface area contributed by atoms with E-state index in [0.29, 0.717) is 37.2 Å². The van der Waals surface area contributed by atoms with E-state index in [2.05, 4.69) is 20.6 Å². The fourth-order valence-corrected chi connectivity index (χ4v) is 2.74. The van der Waals surface area contributed by atoms with Crippen LogP contribution < -0.4 is 20.1 Å². The molecule has 1 atom stereocenters. The number of halogens is 2. The number of nitrogens with one attached hydrogen (secondary N) is 2. The van der Waals surface area contributed by atoms with Gasteiger partial charge >= 0.3 is 6.55 Å². The molecule has 1 unspecified atom stereocenters. The third-order valence-corrected chi connectivity index (χ3v) is 4.10. The van der Waals surface area contributed by atoms with Crippen molar-refractivity contribution in [2.45, 2.75) is 46.8 Å². The Labute approximate surface area is 170 Å². The Balaban J connectivity index is 2.15. The van der Waals surface area contributed by atoms with Crippen molar-refractivity contribution in [1.82, 2.24) is 20.2 Å². The van der Waals surface area contributed by atoms with Gasteiger partial charge in [-0.15, -0.1) is 0 Å². The zero-order valence-corrected chi connectivity index (χ0v) is 17.3. The third-order valence-electron chi connectivity index (χ3n) is 4.10. The van der Waals surface area contributed by atoms with Gasteiger partial charge in [0.1, 0.15) is 12.4 Å². The summed E-state index contributed by atoms with van der Waals surface area (Å²) in [7, 11) is 0. The Morgan fingerprint density at radius 2 is 1.90 bits per heavy atom. The molecule has 0 bridgehead atoms. The van der Waals surface area contributed by atoms with Gasteiger partial charge in [-0.2, -0.15) is 8.78 Å². The minimum Gasteiger partial charge on any atom is -0.490 e. The fourth-order valence-electron chi connectivity index (χ4n) is 2.74. The van der Waals surface area contributed by atoms with Gasteiger partial charge in [0, 0.05) is 18.9 Å². The van der Waals surface area contributed by atoms with Crippen molar-refractivity contribution in [2.75, 3.05) is 19.8 Å². The molecule has 0 saturated heterocycles. The Bertz CT molecular complexity index is 795. The summed E-state index contributed by atoms with van der Waals surface area (Å²) < 4.78 is 38.0. The summed E-state index contributed by atoms with van der Waals surface area (Å²) >= 11 is 0. The lowest BCUT2D eigenvalue weighted by atomic mass is 10.1. The number of alkyl halides is 2. The average molecular weight is 409 g/mol. The Kier molecular flexibility index (Phi) is 8.69. The monoisotopic (exact) mass is 409 g/mol. The summed E-state index contributed by atoms with van der Waals surface area (Å²) in [4.78, 5) is 8.35. The number of benzene rings is 1. The molecule has 0 radical (unpaired) electrons. The fraction of sp³-hybridized carbons (Fsp3) is 0.500. The van der Waals surface area contributed by atoms with E-state index in [1.54, 1.807) is 0 Å². The molecule has 160 valence electrons. The maximum Gasteiger partial charge on any atom is 0.319 e. The molecular weight excluding hydrogens is 380 g/mol. The summed E-state index contributed by atoms with van der Waals surface area (Å²) in [5, 5.41) is 6.41. The molecule has 0 aliphatic heterocycles. The first-order chi connectivity index (χ1) is 14.0. The van der Waals surface area contributed by atoms with Gasteiger partial charge in [0.05, 0.1) is 19.3 Å². The maximum absolute atomic E-state index is 13.0. The molecule has 2 rings (SSSR count). The minimum atomic E-state index is -2.64. The Morgan fingerprint density at radius 3 is 2.55 bits per heavy atom. The molecule has 2 N–H and O–H groups in total. The van der Waals surface area contributed by atoms with Gasteiger partial charge in [-0.3, -0.25) is 4.57 Å². The van der Waals surface area contributed by atoms with E-state index in [1.807, 2.05) is 45.9 Å². The number of imidazole rings is 1. The van der Waals surface area contributed by atoms with E-state index in [9.17, 15) is 8.78 Å². The highest BCUT2D eigenvalue weighted by atomic mass is 19.3. The molecule has 0 fully saturated rings. The van der Waals surface area contributed by atoms with E-state index < -0.39 is 6.55 Å². The predicted molar refractivity (Wildman–Crippen MR) is 109 cm³/mol. The van der Waals surface area contributed by atoms with E-state index in [-0.39, 0.29) is 18.4 Å². The molecule has 0 aliphatic carbocycles.